The summed E-state index contributed by atoms with van der Waals surface area (Å²) in [6.07, 6.45) is 1.12. The Balaban J connectivity index is 2.36. The zero-order chi connectivity index (χ0) is 14.3. The largest absolute Gasteiger partial charge is 0.469 e. The number of hydrogen-bond acceptors (Lipinski definition) is 3. The molecule has 0 aromatic heterocycles. The van der Waals surface area contributed by atoms with Gasteiger partial charge in [-0.25, -0.2) is 0 Å². The molecule has 0 N–H and O–H groups in total. The van der Waals surface area contributed by atoms with Crippen molar-refractivity contribution in [2.75, 3.05) is 20.7 Å². The Morgan fingerprint density at radius 3 is 2.68 bits per heavy atom. The second-order valence-corrected chi connectivity index (χ2v) is 5.19. The third-order valence-corrected chi connectivity index (χ3v) is 3.31. The summed E-state index contributed by atoms with van der Waals surface area (Å²) in [4.78, 5) is 24.4. The van der Waals surface area contributed by atoms with Gasteiger partial charge in [-0.2, -0.15) is 0 Å². The Kier molecular flexibility index (Phi) is 6.56. The molecule has 0 radical (unpaired) electrons. The molecular formula is C14H18BrNO3. The van der Waals surface area contributed by atoms with Crippen molar-refractivity contribution < 1.29 is 14.3 Å². The van der Waals surface area contributed by atoms with Crippen LogP contribution in [0.3, 0.4) is 0 Å². The van der Waals surface area contributed by atoms with Gasteiger partial charge in [-0.15, -0.1) is 0 Å². The summed E-state index contributed by atoms with van der Waals surface area (Å²) in [5, 5.41) is 0. The van der Waals surface area contributed by atoms with Gasteiger partial charge in [0.2, 0.25) is 5.91 Å². The zero-order valence-corrected chi connectivity index (χ0v) is 12.8. The van der Waals surface area contributed by atoms with Gasteiger partial charge >= 0.3 is 5.97 Å². The standard InChI is InChI=1S/C14H18BrNO3/c1-16(13(17)6-7-14(18)19-2)9-8-11-4-3-5-12(15)10-11/h3-5,10H,6-9H2,1-2H3. The van der Waals surface area contributed by atoms with Gasteiger partial charge in [-0.3, -0.25) is 9.59 Å². The first kappa shape index (κ1) is 15.7. The lowest BCUT2D eigenvalue weighted by Crippen LogP contribution is -2.29. The van der Waals surface area contributed by atoms with E-state index in [1.54, 1.807) is 11.9 Å². The molecule has 0 aliphatic heterocycles. The van der Waals surface area contributed by atoms with Crippen LogP contribution in [0.2, 0.25) is 0 Å². The highest BCUT2D eigenvalue weighted by Gasteiger charge is 2.11. The quantitative estimate of drug-likeness (QED) is 0.754. The second kappa shape index (κ2) is 7.94. The zero-order valence-electron chi connectivity index (χ0n) is 11.2. The van der Waals surface area contributed by atoms with E-state index in [0.717, 1.165) is 10.9 Å². The van der Waals surface area contributed by atoms with Crippen LogP contribution < -0.4 is 0 Å². The topological polar surface area (TPSA) is 46.6 Å². The number of halogens is 1. The maximum Gasteiger partial charge on any atom is 0.306 e. The molecule has 0 spiro atoms. The summed E-state index contributed by atoms with van der Waals surface area (Å²) in [6.45, 7) is 0.635. The Morgan fingerprint density at radius 2 is 2.05 bits per heavy atom. The molecule has 0 aliphatic rings. The van der Waals surface area contributed by atoms with Gasteiger partial charge in [-0.05, 0) is 24.1 Å². The van der Waals surface area contributed by atoms with Gasteiger partial charge in [0.15, 0.2) is 0 Å². The van der Waals surface area contributed by atoms with Crippen LogP contribution in [0, 0.1) is 0 Å². The lowest BCUT2D eigenvalue weighted by atomic mass is 10.1. The third kappa shape index (κ3) is 5.87. The van der Waals surface area contributed by atoms with Crippen LogP contribution in [-0.4, -0.2) is 37.5 Å². The fourth-order valence-corrected chi connectivity index (χ4v) is 2.06. The summed E-state index contributed by atoms with van der Waals surface area (Å²) < 4.78 is 5.54. The van der Waals surface area contributed by atoms with Crippen LogP contribution in [-0.2, 0) is 20.7 Å². The molecular weight excluding hydrogens is 310 g/mol. The average Bonchev–Trinajstić information content (AvgIpc) is 2.41. The number of esters is 1. The number of benzene rings is 1. The second-order valence-electron chi connectivity index (χ2n) is 4.27. The molecule has 0 unspecified atom stereocenters. The number of ether oxygens (including phenoxy) is 1. The molecule has 19 heavy (non-hydrogen) atoms. The number of rotatable bonds is 6. The third-order valence-electron chi connectivity index (χ3n) is 2.82. The highest BCUT2D eigenvalue weighted by Crippen LogP contribution is 2.12. The molecule has 1 rings (SSSR count). The lowest BCUT2D eigenvalue weighted by Gasteiger charge is -2.17. The number of methoxy groups -OCH3 is 1. The fraction of sp³-hybridized carbons (Fsp3) is 0.429. The number of carbonyl (C=O) groups excluding carboxylic acids is 2. The maximum absolute atomic E-state index is 11.8. The van der Waals surface area contributed by atoms with E-state index in [1.807, 2.05) is 24.3 Å². The van der Waals surface area contributed by atoms with Crippen molar-refractivity contribution in [3.05, 3.63) is 34.3 Å². The fourth-order valence-electron chi connectivity index (χ4n) is 1.62. The van der Waals surface area contributed by atoms with Gasteiger partial charge in [0.1, 0.15) is 0 Å². The first-order chi connectivity index (χ1) is 9.02. The number of amides is 1. The SMILES string of the molecule is COC(=O)CCC(=O)N(C)CCc1cccc(Br)c1. The van der Waals surface area contributed by atoms with E-state index in [-0.39, 0.29) is 24.7 Å². The Labute approximate surface area is 121 Å². The lowest BCUT2D eigenvalue weighted by molar-refractivity contribution is -0.143. The van der Waals surface area contributed by atoms with E-state index in [4.69, 9.17) is 0 Å². The number of carbonyl (C=O) groups is 2. The molecule has 4 nitrogen and oxygen atoms in total. The Hall–Kier alpha value is -1.36. The highest BCUT2D eigenvalue weighted by atomic mass is 79.9. The summed E-state index contributed by atoms with van der Waals surface area (Å²) in [5.41, 5.74) is 1.17. The van der Waals surface area contributed by atoms with Gasteiger partial charge in [0.25, 0.3) is 0 Å². The molecule has 0 saturated carbocycles. The Bertz CT molecular complexity index is 448. The van der Waals surface area contributed by atoms with Crippen LogP contribution in [0.25, 0.3) is 0 Å². The van der Waals surface area contributed by atoms with E-state index in [0.29, 0.717) is 6.54 Å². The first-order valence-electron chi connectivity index (χ1n) is 6.08. The minimum Gasteiger partial charge on any atom is -0.469 e. The van der Waals surface area contributed by atoms with E-state index in [2.05, 4.69) is 20.7 Å². The Morgan fingerprint density at radius 1 is 1.32 bits per heavy atom. The molecule has 0 fully saturated rings. The molecule has 1 aromatic rings. The van der Waals surface area contributed by atoms with Crippen LogP contribution in [0.15, 0.2) is 28.7 Å². The molecule has 104 valence electrons. The van der Waals surface area contributed by atoms with E-state index < -0.39 is 0 Å². The molecule has 1 amide bonds. The summed E-state index contributed by atoms with van der Waals surface area (Å²) in [7, 11) is 3.07. The summed E-state index contributed by atoms with van der Waals surface area (Å²) >= 11 is 3.41. The van der Waals surface area contributed by atoms with E-state index in [9.17, 15) is 9.59 Å². The van der Waals surface area contributed by atoms with E-state index >= 15 is 0 Å². The predicted molar refractivity (Wildman–Crippen MR) is 76.7 cm³/mol. The molecule has 0 heterocycles. The van der Waals surface area contributed by atoms with Crippen molar-refractivity contribution in [1.82, 2.24) is 4.90 Å². The van der Waals surface area contributed by atoms with Crippen LogP contribution >= 0.6 is 15.9 Å². The molecule has 1 aromatic carbocycles. The predicted octanol–water partition coefficient (Wildman–Crippen LogP) is 2.40. The molecule has 0 bridgehead atoms. The first-order valence-corrected chi connectivity index (χ1v) is 6.87. The van der Waals surface area contributed by atoms with Crippen LogP contribution in [0.5, 0.6) is 0 Å². The minimum absolute atomic E-state index is 0.0413. The maximum atomic E-state index is 11.8. The van der Waals surface area contributed by atoms with Crippen molar-refractivity contribution in [2.24, 2.45) is 0 Å². The van der Waals surface area contributed by atoms with Gasteiger partial charge < -0.3 is 9.64 Å². The van der Waals surface area contributed by atoms with E-state index in [1.165, 1.54) is 12.7 Å². The van der Waals surface area contributed by atoms with Crippen molar-refractivity contribution in [1.29, 1.82) is 0 Å². The van der Waals surface area contributed by atoms with Crippen molar-refractivity contribution >= 4 is 27.8 Å². The number of nitrogens with zero attached hydrogens (tertiary/aromatic N) is 1. The van der Waals surface area contributed by atoms with Gasteiger partial charge in [-0.1, -0.05) is 28.1 Å². The molecule has 5 heteroatoms. The monoisotopic (exact) mass is 327 g/mol. The number of likely N-dealkylation sites (N-methyl/N-ethyl adjacent to an activating group) is 1. The van der Waals surface area contributed by atoms with Gasteiger partial charge in [0, 0.05) is 24.5 Å². The molecule has 0 saturated heterocycles. The molecule has 0 atom stereocenters. The normalized spacial score (nSPS) is 10.1. The van der Waals surface area contributed by atoms with Crippen LogP contribution in [0.1, 0.15) is 18.4 Å². The summed E-state index contributed by atoms with van der Waals surface area (Å²) in [5.74, 6) is -0.394. The smallest absolute Gasteiger partial charge is 0.306 e. The molecule has 0 aliphatic carbocycles. The average molecular weight is 328 g/mol. The van der Waals surface area contributed by atoms with Crippen molar-refractivity contribution in [3.8, 4) is 0 Å². The minimum atomic E-state index is -0.353. The summed E-state index contributed by atoms with van der Waals surface area (Å²) in [6, 6.07) is 8.00. The highest BCUT2D eigenvalue weighted by molar-refractivity contribution is 9.10. The van der Waals surface area contributed by atoms with Crippen molar-refractivity contribution in [3.63, 3.8) is 0 Å². The number of hydrogen-bond donors (Lipinski definition) is 0. The van der Waals surface area contributed by atoms with Crippen molar-refractivity contribution in [2.45, 2.75) is 19.3 Å². The van der Waals surface area contributed by atoms with Crippen LogP contribution in [0.4, 0.5) is 0 Å². The van der Waals surface area contributed by atoms with Gasteiger partial charge in [0.05, 0.1) is 13.5 Å².